The summed E-state index contributed by atoms with van der Waals surface area (Å²) in [7, 11) is 1.97. The third kappa shape index (κ3) is 3.56. The van der Waals surface area contributed by atoms with E-state index in [1.165, 1.54) is 16.8 Å². The van der Waals surface area contributed by atoms with Crippen LogP contribution in [0.15, 0.2) is 18.2 Å². The molecule has 0 saturated carbocycles. The Labute approximate surface area is 93.1 Å². The average molecular weight is 206 g/mol. The fourth-order valence-corrected chi connectivity index (χ4v) is 1.51. The molecular formula is C13H22N2. The van der Waals surface area contributed by atoms with Crippen LogP contribution >= 0.6 is 0 Å². The van der Waals surface area contributed by atoms with Crippen molar-refractivity contribution in [1.29, 1.82) is 0 Å². The predicted molar refractivity (Wildman–Crippen MR) is 67.7 cm³/mol. The maximum atomic E-state index is 3.45. The first kappa shape index (κ1) is 12.1. The van der Waals surface area contributed by atoms with Gasteiger partial charge < -0.3 is 10.6 Å². The maximum Gasteiger partial charge on any atom is 0.0373 e. The van der Waals surface area contributed by atoms with Crippen molar-refractivity contribution in [3.05, 3.63) is 29.3 Å². The molecule has 1 aromatic carbocycles. The van der Waals surface area contributed by atoms with Gasteiger partial charge >= 0.3 is 0 Å². The van der Waals surface area contributed by atoms with Crippen LogP contribution in [0.3, 0.4) is 0 Å². The molecule has 2 heteroatoms. The Bertz CT molecular complexity index is 305. The van der Waals surface area contributed by atoms with Crippen LogP contribution in [0.4, 0.5) is 5.69 Å². The number of anilines is 1. The van der Waals surface area contributed by atoms with Crippen molar-refractivity contribution in [1.82, 2.24) is 5.32 Å². The van der Waals surface area contributed by atoms with E-state index in [0.29, 0.717) is 5.92 Å². The molecule has 1 rings (SSSR count). The highest BCUT2D eigenvalue weighted by atomic mass is 14.9. The van der Waals surface area contributed by atoms with Crippen LogP contribution in [0.25, 0.3) is 0 Å². The van der Waals surface area contributed by atoms with Gasteiger partial charge in [-0.25, -0.2) is 0 Å². The minimum atomic E-state index is 0.593. The largest absolute Gasteiger partial charge is 0.384 e. The zero-order valence-corrected chi connectivity index (χ0v) is 10.2. The molecule has 0 aromatic heterocycles. The number of benzene rings is 1. The minimum absolute atomic E-state index is 0.593. The number of rotatable bonds is 5. The predicted octanol–water partition coefficient (Wildman–Crippen LogP) is 2.75. The van der Waals surface area contributed by atoms with Gasteiger partial charge in [0.2, 0.25) is 0 Å². The molecule has 0 amide bonds. The molecule has 2 nitrogen and oxygen atoms in total. The molecule has 0 fully saturated rings. The van der Waals surface area contributed by atoms with Crippen molar-refractivity contribution in [2.24, 2.45) is 0 Å². The highest BCUT2D eigenvalue weighted by molar-refractivity contribution is 5.53. The summed E-state index contributed by atoms with van der Waals surface area (Å²) >= 11 is 0. The zero-order chi connectivity index (χ0) is 11.3. The topological polar surface area (TPSA) is 24.1 Å². The first-order chi connectivity index (χ1) is 7.15. The van der Waals surface area contributed by atoms with Crippen LogP contribution in [0.2, 0.25) is 0 Å². The van der Waals surface area contributed by atoms with E-state index in [4.69, 9.17) is 0 Å². The number of aryl methyl sites for hydroxylation is 1. The smallest absolute Gasteiger partial charge is 0.0373 e. The average Bonchev–Trinajstić information content (AvgIpc) is 2.20. The lowest BCUT2D eigenvalue weighted by Gasteiger charge is -2.13. The fraction of sp³-hybridized carbons (Fsp3) is 0.538. The summed E-state index contributed by atoms with van der Waals surface area (Å²) in [6.07, 6.45) is 0. The molecule has 84 valence electrons. The molecule has 0 unspecified atom stereocenters. The van der Waals surface area contributed by atoms with Gasteiger partial charge in [0.1, 0.15) is 0 Å². The fourth-order valence-electron chi connectivity index (χ4n) is 1.51. The molecule has 0 aliphatic carbocycles. The highest BCUT2D eigenvalue weighted by Crippen LogP contribution is 2.21. The SMILES string of the molecule is CNCCNc1cc(C(C)C)ccc1C. The molecule has 0 bridgehead atoms. The lowest BCUT2D eigenvalue weighted by molar-refractivity contribution is 0.822. The van der Waals surface area contributed by atoms with Crippen LogP contribution in [0.1, 0.15) is 30.9 Å². The van der Waals surface area contributed by atoms with E-state index in [1.807, 2.05) is 7.05 Å². The molecule has 0 radical (unpaired) electrons. The van der Waals surface area contributed by atoms with Crippen LogP contribution in [-0.2, 0) is 0 Å². The molecule has 0 atom stereocenters. The van der Waals surface area contributed by atoms with E-state index in [2.05, 4.69) is 49.6 Å². The van der Waals surface area contributed by atoms with E-state index in [9.17, 15) is 0 Å². The summed E-state index contributed by atoms with van der Waals surface area (Å²) in [4.78, 5) is 0. The molecule has 15 heavy (non-hydrogen) atoms. The monoisotopic (exact) mass is 206 g/mol. The van der Waals surface area contributed by atoms with Crippen molar-refractivity contribution in [2.45, 2.75) is 26.7 Å². The molecule has 0 spiro atoms. The normalized spacial score (nSPS) is 10.7. The van der Waals surface area contributed by atoms with Gasteiger partial charge in [-0.2, -0.15) is 0 Å². The number of likely N-dealkylation sites (N-methyl/N-ethyl adjacent to an activating group) is 1. The van der Waals surface area contributed by atoms with E-state index >= 15 is 0 Å². The Morgan fingerprint density at radius 3 is 2.53 bits per heavy atom. The third-order valence-electron chi connectivity index (χ3n) is 2.62. The molecule has 0 heterocycles. The third-order valence-corrected chi connectivity index (χ3v) is 2.62. The second kappa shape index (κ2) is 5.76. The number of nitrogens with one attached hydrogen (secondary N) is 2. The lowest BCUT2D eigenvalue weighted by atomic mass is 10.0. The van der Waals surface area contributed by atoms with Gasteiger partial charge in [0.15, 0.2) is 0 Å². The molecule has 0 aliphatic rings. The molecule has 2 N–H and O–H groups in total. The van der Waals surface area contributed by atoms with Gasteiger partial charge in [-0.1, -0.05) is 26.0 Å². The Kier molecular flexibility index (Phi) is 4.63. The van der Waals surface area contributed by atoms with Gasteiger partial charge in [0, 0.05) is 18.8 Å². The molecule has 0 saturated heterocycles. The summed E-state index contributed by atoms with van der Waals surface area (Å²) in [5.74, 6) is 0.593. The van der Waals surface area contributed by atoms with E-state index in [-0.39, 0.29) is 0 Å². The first-order valence-electron chi connectivity index (χ1n) is 5.64. The second-order valence-electron chi connectivity index (χ2n) is 4.26. The second-order valence-corrected chi connectivity index (χ2v) is 4.26. The lowest BCUT2D eigenvalue weighted by Crippen LogP contribution is -2.18. The maximum absolute atomic E-state index is 3.45. The molecule has 1 aromatic rings. The Morgan fingerprint density at radius 2 is 1.93 bits per heavy atom. The van der Waals surface area contributed by atoms with Crippen molar-refractivity contribution >= 4 is 5.69 Å². The number of hydrogen-bond acceptors (Lipinski definition) is 2. The van der Waals surface area contributed by atoms with Crippen LogP contribution in [-0.4, -0.2) is 20.1 Å². The molecular weight excluding hydrogens is 184 g/mol. The van der Waals surface area contributed by atoms with Crippen molar-refractivity contribution < 1.29 is 0 Å². The van der Waals surface area contributed by atoms with Crippen molar-refractivity contribution in [2.75, 3.05) is 25.5 Å². The van der Waals surface area contributed by atoms with Crippen LogP contribution < -0.4 is 10.6 Å². The van der Waals surface area contributed by atoms with E-state index < -0.39 is 0 Å². The van der Waals surface area contributed by atoms with E-state index in [1.54, 1.807) is 0 Å². The van der Waals surface area contributed by atoms with Gasteiger partial charge in [0.25, 0.3) is 0 Å². The van der Waals surface area contributed by atoms with Crippen LogP contribution in [0, 0.1) is 6.92 Å². The van der Waals surface area contributed by atoms with Gasteiger partial charge in [0.05, 0.1) is 0 Å². The minimum Gasteiger partial charge on any atom is -0.384 e. The van der Waals surface area contributed by atoms with Gasteiger partial charge in [-0.15, -0.1) is 0 Å². The molecule has 0 aliphatic heterocycles. The quantitative estimate of drug-likeness (QED) is 0.724. The Hall–Kier alpha value is -1.02. The summed E-state index contributed by atoms with van der Waals surface area (Å²) in [5, 5.41) is 6.58. The summed E-state index contributed by atoms with van der Waals surface area (Å²) in [6, 6.07) is 6.66. The zero-order valence-electron chi connectivity index (χ0n) is 10.2. The van der Waals surface area contributed by atoms with E-state index in [0.717, 1.165) is 13.1 Å². The van der Waals surface area contributed by atoms with Gasteiger partial charge in [-0.3, -0.25) is 0 Å². The Balaban J connectivity index is 2.72. The van der Waals surface area contributed by atoms with Crippen molar-refractivity contribution in [3.63, 3.8) is 0 Å². The number of hydrogen-bond donors (Lipinski definition) is 2. The highest BCUT2D eigenvalue weighted by Gasteiger charge is 2.02. The van der Waals surface area contributed by atoms with Crippen LogP contribution in [0.5, 0.6) is 0 Å². The van der Waals surface area contributed by atoms with Gasteiger partial charge in [-0.05, 0) is 37.1 Å². The summed E-state index contributed by atoms with van der Waals surface area (Å²) in [6.45, 7) is 8.56. The summed E-state index contributed by atoms with van der Waals surface area (Å²) in [5.41, 5.74) is 3.97. The van der Waals surface area contributed by atoms with Crippen molar-refractivity contribution in [3.8, 4) is 0 Å². The first-order valence-corrected chi connectivity index (χ1v) is 5.64. The Morgan fingerprint density at radius 1 is 1.20 bits per heavy atom. The standard InChI is InChI=1S/C13H22N2/c1-10(2)12-6-5-11(3)13(9-12)15-8-7-14-4/h5-6,9-10,14-15H,7-8H2,1-4H3. The summed E-state index contributed by atoms with van der Waals surface area (Å²) < 4.78 is 0.